The van der Waals surface area contributed by atoms with Crippen LogP contribution in [0, 0.1) is 24.7 Å². The van der Waals surface area contributed by atoms with Crippen LogP contribution in [0.5, 0.6) is 0 Å². The Labute approximate surface area is 203 Å². The van der Waals surface area contributed by atoms with Crippen molar-refractivity contribution in [3.63, 3.8) is 0 Å². The molecule has 1 N–H and O–H groups in total. The molecular weight excluding hydrogens is 422 g/mol. The molecule has 5 heteroatoms. The minimum Gasteiger partial charge on any atom is -0.464 e. The molecule has 1 aromatic carbocycles. The standard InChI is InChI=1S/C29H39N3O2/c1-21-7-8-27(34-21)20-32(26-9-11-31(12-10-26)19-22-5-3-2-4-6-22)28(33)30-29-16-23-13-24(17-29)15-25(14-23)18-29/h2-8,23-26H,9-20H2,1H3,(H,30,33). The Hall–Kier alpha value is -2.27. The van der Waals surface area contributed by atoms with Crippen LogP contribution < -0.4 is 5.32 Å². The molecule has 5 nitrogen and oxygen atoms in total. The molecule has 5 fully saturated rings. The maximum Gasteiger partial charge on any atom is 0.318 e. The average molecular weight is 462 g/mol. The lowest BCUT2D eigenvalue weighted by Crippen LogP contribution is -2.63. The zero-order chi connectivity index (χ0) is 23.1. The number of amides is 2. The topological polar surface area (TPSA) is 48.7 Å². The molecule has 2 heterocycles. The molecule has 0 radical (unpaired) electrons. The number of nitrogens with one attached hydrogen (secondary N) is 1. The summed E-state index contributed by atoms with van der Waals surface area (Å²) in [6, 6.07) is 15.1. The smallest absolute Gasteiger partial charge is 0.318 e. The highest BCUT2D eigenvalue weighted by atomic mass is 16.3. The highest BCUT2D eigenvalue weighted by Gasteiger charge is 2.52. The highest BCUT2D eigenvalue weighted by molar-refractivity contribution is 5.75. The number of nitrogens with zero attached hydrogens (tertiary/aromatic N) is 2. The Kier molecular flexibility index (Phi) is 5.92. The van der Waals surface area contributed by atoms with Gasteiger partial charge in [-0.25, -0.2) is 4.79 Å². The van der Waals surface area contributed by atoms with Gasteiger partial charge in [-0.3, -0.25) is 4.90 Å². The minimum atomic E-state index is 0.0389. The Bertz CT molecular complexity index is 957. The number of furan rings is 1. The number of likely N-dealkylation sites (tertiary alicyclic amines) is 1. The third-order valence-corrected chi connectivity index (χ3v) is 9.04. The van der Waals surface area contributed by atoms with E-state index in [1.165, 1.54) is 44.1 Å². The summed E-state index contributed by atoms with van der Waals surface area (Å²) >= 11 is 0. The predicted octanol–water partition coefficient (Wildman–Crippen LogP) is 5.73. The molecule has 1 aromatic heterocycles. The average Bonchev–Trinajstić information content (AvgIpc) is 3.22. The van der Waals surface area contributed by atoms with Gasteiger partial charge in [0.15, 0.2) is 0 Å². The van der Waals surface area contributed by atoms with Gasteiger partial charge in [-0.2, -0.15) is 0 Å². The summed E-state index contributed by atoms with van der Waals surface area (Å²) in [6.45, 7) is 5.58. The molecule has 0 atom stereocenters. The first-order valence-electron chi connectivity index (χ1n) is 13.4. The lowest BCUT2D eigenvalue weighted by atomic mass is 9.53. The van der Waals surface area contributed by atoms with Crippen molar-refractivity contribution in [2.45, 2.75) is 83.0 Å². The van der Waals surface area contributed by atoms with Crippen LogP contribution in [0.1, 0.15) is 68.5 Å². The Balaban J connectivity index is 1.14. The highest BCUT2D eigenvalue weighted by Crippen LogP contribution is 2.55. The molecule has 4 aliphatic carbocycles. The van der Waals surface area contributed by atoms with Crippen LogP contribution in [-0.4, -0.2) is 40.5 Å². The summed E-state index contributed by atoms with van der Waals surface area (Å²) in [5, 5.41) is 3.63. The zero-order valence-corrected chi connectivity index (χ0v) is 20.5. The summed E-state index contributed by atoms with van der Waals surface area (Å²) < 4.78 is 5.92. The first kappa shape index (κ1) is 22.2. The third-order valence-electron chi connectivity index (χ3n) is 9.04. The Morgan fingerprint density at radius 3 is 2.24 bits per heavy atom. The summed E-state index contributed by atoms with van der Waals surface area (Å²) in [7, 11) is 0. The number of hydrogen-bond donors (Lipinski definition) is 1. The van der Waals surface area contributed by atoms with Crippen molar-refractivity contribution in [2.75, 3.05) is 13.1 Å². The van der Waals surface area contributed by atoms with Gasteiger partial charge in [-0.15, -0.1) is 0 Å². The van der Waals surface area contributed by atoms with E-state index in [2.05, 4.69) is 45.4 Å². The molecule has 4 bridgehead atoms. The van der Waals surface area contributed by atoms with Crippen molar-refractivity contribution in [3.8, 4) is 0 Å². The van der Waals surface area contributed by atoms with Crippen LogP contribution in [0.3, 0.4) is 0 Å². The van der Waals surface area contributed by atoms with E-state index in [9.17, 15) is 4.79 Å². The second kappa shape index (κ2) is 9.07. The van der Waals surface area contributed by atoms with Crippen molar-refractivity contribution >= 4 is 6.03 Å². The molecule has 0 unspecified atom stereocenters. The van der Waals surface area contributed by atoms with E-state index < -0.39 is 0 Å². The molecule has 1 saturated heterocycles. The quantitative estimate of drug-likeness (QED) is 0.597. The van der Waals surface area contributed by atoms with Gasteiger partial charge >= 0.3 is 6.03 Å². The first-order valence-corrected chi connectivity index (χ1v) is 13.4. The van der Waals surface area contributed by atoms with Crippen LogP contribution in [0.4, 0.5) is 4.79 Å². The second-order valence-electron chi connectivity index (χ2n) is 11.8. The molecule has 4 saturated carbocycles. The van der Waals surface area contributed by atoms with Gasteiger partial charge in [0.2, 0.25) is 0 Å². The molecule has 182 valence electrons. The Morgan fingerprint density at radius 1 is 1.00 bits per heavy atom. The third kappa shape index (κ3) is 4.64. The maximum atomic E-state index is 13.9. The fourth-order valence-corrected chi connectivity index (χ4v) is 7.90. The number of benzene rings is 1. The van der Waals surface area contributed by atoms with Crippen molar-refractivity contribution < 1.29 is 9.21 Å². The van der Waals surface area contributed by atoms with Gasteiger partial charge < -0.3 is 14.6 Å². The summed E-state index contributed by atoms with van der Waals surface area (Å²) in [5.41, 5.74) is 1.40. The van der Waals surface area contributed by atoms with Gasteiger partial charge in [0.1, 0.15) is 11.5 Å². The number of piperidine rings is 1. The van der Waals surface area contributed by atoms with Crippen molar-refractivity contribution in [2.24, 2.45) is 17.8 Å². The molecule has 34 heavy (non-hydrogen) atoms. The van der Waals surface area contributed by atoms with Crippen LogP contribution >= 0.6 is 0 Å². The second-order valence-corrected chi connectivity index (χ2v) is 11.8. The number of aryl methyl sites for hydroxylation is 1. The normalized spacial score (nSPS) is 31.0. The zero-order valence-electron chi connectivity index (χ0n) is 20.5. The van der Waals surface area contributed by atoms with E-state index in [0.717, 1.165) is 61.8 Å². The minimum absolute atomic E-state index is 0.0389. The first-order chi connectivity index (χ1) is 16.5. The van der Waals surface area contributed by atoms with E-state index in [0.29, 0.717) is 6.54 Å². The van der Waals surface area contributed by atoms with Crippen LogP contribution in [0.2, 0.25) is 0 Å². The van der Waals surface area contributed by atoms with E-state index in [-0.39, 0.29) is 17.6 Å². The monoisotopic (exact) mass is 461 g/mol. The van der Waals surface area contributed by atoms with Crippen molar-refractivity contribution in [3.05, 3.63) is 59.5 Å². The number of rotatable bonds is 6. The molecule has 0 spiro atoms. The lowest BCUT2D eigenvalue weighted by molar-refractivity contribution is -0.0175. The van der Waals surface area contributed by atoms with Crippen molar-refractivity contribution in [1.82, 2.24) is 15.1 Å². The summed E-state index contributed by atoms with van der Waals surface area (Å²) in [5.74, 6) is 4.29. The van der Waals surface area contributed by atoms with E-state index >= 15 is 0 Å². The Morgan fingerprint density at radius 2 is 1.65 bits per heavy atom. The SMILES string of the molecule is Cc1ccc(CN(C(=O)NC23CC4CC(CC(C4)C2)C3)C2CCN(Cc3ccccc3)CC2)o1. The number of urea groups is 1. The summed E-state index contributed by atoms with van der Waals surface area (Å²) in [6.07, 6.45) is 9.77. The van der Waals surface area contributed by atoms with E-state index in [4.69, 9.17) is 4.42 Å². The van der Waals surface area contributed by atoms with Gasteiger partial charge in [0, 0.05) is 31.2 Å². The predicted molar refractivity (Wildman–Crippen MR) is 133 cm³/mol. The number of carbonyl (C=O) groups excluding carboxylic acids is 1. The molecule has 2 amide bonds. The number of hydrogen-bond acceptors (Lipinski definition) is 3. The van der Waals surface area contributed by atoms with Gasteiger partial charge in [0.25, 0.3) is 0 Å². The van der Waals surface area contributed by atoms with Gasteiger partial charge in [-0.05, 0) is 93.7 Å². The molecule has 5 aliphatic rings. The van der Waals surface area contributed by atoms with Gasteiger partial charge in [-0.1, -0.05) is 30.3 Å². The molecule has 1 aliphatic heterocycles. The molecule has 7 rings (SSSR count). The number of carbonyl (C=O) groups is 1. The summed E-state index contributed by atoms with van der Waals surface area (Å²) in [4.78, 5) is 18.5. The largest absolute Gasteiger partial charge is 0.464 e. The van der Waals surface area contributed by atoms with E-state index in [1.54, 1.807) is 0 Å². The fraction of sp³-hybridized carbons (Fsp3) is 0.621. The molecular formula is C29H39N3O2. The van der Waals surface area contributed by atoms with Crippen LogP contribution in [0.15, 0.2) is 46.9 Å². The van der Waals surface area contributed by atoms with E-state index in [1.807, 2.05) is 19.1 Å². The fourth-order valence-electron chi connectivity index (χ4n) is 7.90. The van der Waals surface area contributed by atoms with Gasteiger partial charge in [0.05, 0.1) is 6.54 Å². The molecule has 2 aromatic rings. The maximum absolute atomic E-state index is 13.9. The van der Waals surface area contributed by atoms with Crippen LogP contribution in [0.25, 0.3) is 0 Å². The van der Waals surface area contributed by atoms with Crippen molar-refractivity contribution in [1.29, 1.82) is 0 Å². The lowest BCUT2D eigenvalue weighted by Gasteiger charge is -2.57. The van der Waals surface area contributed by atoms with Crippen LogP contribution in [-0.2, 0) is 13.1 Å².